The van der Waals surface area contributed by atoms with E-state index in [4.69, 9.17) is 4.74 Å². The number of rotatable bonds is 4. The lowest BCUT2D eigenvalue weighted by Crippen LogP contribution is -2.26. The monoisotopic (exact) mass is 358 g/mol. The van der Waals surface area contributed by atoms with E-state index in [1.165, 1.54) is 11.3 Å². The first-order chi connectivity index (χ1) is 11.7. The second kappa shape index (κ2) is 6.59. The van der Waals surface area contributed by atoms with Gasteiger partial charge < -0.3 is 4.74 Å². The van der Waals surface area contributed by atoms with Crippen LogP contribution < -0.4 is 10.1 Å². The van der Waals surface area contributed by atoms with Crippen molar-refractivity contribution >= 4 is 28.2 Å². The number of amides is 1. The number of ether oxygens (including phenoxy) is 1. The SMILES string of the molecule is Cc1cccc(C)c1OCC(=O)Nc1nc2c(s1)C(=O)CC(C)(C)C2. The number of nitrogens with one attached hydrogen (secondary N) is 1. The highest BCUT2D eigenvalue weighted by Gasteiger charge is 2.34. The Hall–Kier alpha value is -2.21. The summed E-state index contributed by atoms with van der Waals surface area (Å²) in [5, 5.41) is 3.21. The van der Waals surface area contributed by atoms with E-state index >= 15 is 0 Å². The van der Waals surface area contributed by atoms with Crippen molar-refractivity contribution in [3.05, 3.63) is 39.9 Å². The largest absolute Gasteiger partial charge is 0.483 e. The van der Waals surface area contributed by atoms with E-state index in [2.05, 4.69) is 24.1 Å². The zero-order valence-electron chi connectivity index (χ0n) is 14.9. The Balaban J connectivity index is 1.66. The predicted molar refractivity (Wildman–Crippen MR) is 98.6 cm³/mol. The van der Waals surface area contributed by atoms with Crippen LogP contribution >= 0.6 is 11.3 Å². The van der Waals surface area contributed by atoms with Crippen LogP contribution in [0.25, 0.3) is 0 Å². The van der Waals surface area contributed by atoms with Gasteiger partial charge in [0, 0.05) is 6.42 Å². The van der Waals surface area contributed by atoms with Crippen molar-refractivity contribution in [2.75, 3.05) is 11.9 Å². The Bertz CT molecular complexity index is 819. The van der Waals surface area contributed by atoms with Gasteiger partial charge in [-0.25, -0.2) is 4.98 Å². The number of carbonyl (C=O) groups is 2. The highest BCUT2D eigenvalue weighted by molar-refractivity contribution is 7.17. The summed E-state index contributed by atoms with van der Waals surface area (Å²) in [5.74, 6) is 0.560. The molecule has 1 aromatic carbocycles. The van der Waals surface area contributed by atoms with Gasteiger partial charge in [0.1, 0.15) is 5.75 Å². The highest BCUT2D eigenvalue weighted by atomic mass is 32.1. The van der Waals surface area contributed by atoms with Crippen molar-refractivity contribution in [2.24, 2.45) is 5.41 Å². The van der Waals surface area contributed by atoms with E-state index < -0.39 is 0 Å². The molecule has 1 aromatic heterocycles. The zero-order valence-corrected chi connectivity index (χ0v) is 15.8. The predicted octanol–water partition coefficient (Wildman–Crippen LogP) is 3.93. The molecule has 0 bridgehead atoms. The summed E-state index contributed by atoms with van der Waals surface area (Å²) in [4.78, 5) is 29.5. The van der Waals surface area contributed by atoms with E-state index in [9.17, 15) is 9.59 Å². The van der Waals surface area contributed by atoms with Gasteiger partial charge in [-0.15, -0.1) is 0 Å². The van der Waals surface area contributed by atoms with Gasteiger partial charge >= 0.3 is 0 Å². The number of aromatic nitrogens is 1. The van der Waals surface area contributed by atoms with E-state index in [1.54, 1.807) is 0 Å². The molecule has 2 aromatic rings. The maximum Gasteiger partial charge on any atom is 0.264 e. The molecule has 0 saturated carbocycles. The average Bonchev–Trinajstić information content (AvgIpc) is 2.87. The van der Waals surface area contributed by atoms with Crippen LogP contribution in [0.5, 0.6) is 5.75 Å². The second-order valence-corrected chi connectivity index (χ2v) is 8.29. The number of Topliss-reactive ketones (excluding diaryl/α,β-unsaturated/α-hetero) is 1. The summed E-state index contributed by atoms with van der Waals surface area (Å²) >= 11 is 1.25. The normalized spacial score (nSPS) is 15.6. The number of para-hydroxylation sites is 1. The summed E-state index contributed by atoms with van der Waals surface area (Å²) < 4.78 is 5.66. The Morgan fingerprint density at radius 2 is 1.96 bits per heavy atom. The third kappa shape index (κ3) is 3.90. The summed E-state index contributed by atoms with van der Waals surface area (Å²) in [5.41, 5.74) is 2.69. The maximum absolute atomic E-state index is 12.2. The van der Waals surface area contributed by atoms with Crippen molar-refractivity contribution in [3.63, 3.8) is 0 Å². The number of ketones is 1. The molecule has 0 atom stereocenters. The fourth-order valence-corrected chi connectivity index (χ4v) is 4.03. The molecule has 0 spiro atoms. The summed E-state index contributed by atoms with van der Waals surface area (Å²) in [7, 11) is 0. The Labute approximate surface area is 151 Å². The van der Waals surface area contributed by atoms with Crippen LogP contribution in [0.4, 0.5) is 5.13 Å². The number of benzene rings is 1. The van der Waals surface area contributed by atoms with Crippen LogP contribution in [0.2, 0.25) is 0 Å². The topological polar surface area (TPSA) is 68.3 Å². The molecule has 5 nitrogen and oxygen atoms in total. The molecule has 1 amide bonds. The van der Waals surface area contributed by atoms with Crippen LogP contribution in [0.15, 0.2) is 18.2 Å². The van der Waals surface area contributed by atoms with Gasteiger partial charge in [0.2, 0.25) is 0 Å². The van der Waals surface area contributed by atoms with Crippen molar-refractivity contribution in [1.29, 1.82) is 0 Å². The summed E-state index contributed by atoms with van der Waals surface area (Å²) in [6.45, 7) is 7.92. The number of aryl methyl sites for hydroxylation is 2. The standard InChI is InChI=1S/C19H22N2O3S/c1-11-6-5-7-12(2)16(11)24-10-15(23)21-18-20-13-8-19(3,4)9-14(22)17(13)25-18/h5-7H,8-10H2,1-4H3,(H,20,21,23). The number of hydrogen-bond acceptors (Lipinski definition) is 5. The first-order valence-electron chi connectivity index (χ1n) is 8.27. The van der Waals surface area contributed by atoms with Gasteiger partial charge in [-0.2, -0.15) is 0 Å². The number of fused-ring (bicyclic) bond motifs is 1. The quantitative estimate of drug-likeness (QED) is 0.899. The van der Waals surface area contributed by atoms with Crippen molar-refractivity contribution < 1.29 is 14.3 Å². The smallest absolute Gasteiger partial charge is 0.264 e. The Morgan fingerprint density at radius 3 is 2.64 bits per heavy atom. The van der Waals surface area contributed by atoms with Crippen molar-refractivity contribution in [3.8, 4) is 5.75 Å². The highest BCUT2D eigenvalue weighted by Crippen LogP contribution is 2.38. The maximum atomic E-state index is 12.2. The molecule has 1 heterocycles. The van der Waals surface area contributed by atoms with E-state index in [0.29, 0.717) is 16.4 Å². The van der Waals surface area contributed by atoms with Crippen molar-refractivity contribution in [2.45, 2.75) is 40.5 Å². The molecule has 0 radical (unpaired) electrons. The number of hydrogen-bond donors (Lipinski definition) is 1. The van der Waals surface area contributed by atoms with Crippen LogP contribution in [-0.2, 0) is 11.2 Å². The molecule has 0 saturated heterocycles. The van der Waals surface area contributed by atoms with Gasteiger partial charge in [-0.3, -0.25) is 14.9 Å². The molecule has 25 heavy (non-hydrogen) atoms. The molecule has 0 fully saturated rings. The lowest BCUT2D eigenvalue weighted by molar-refractivity contribution is -0.118. The zero-order chi connectivity index (χ0) is 18.2. The van der Waals surface area contributed by atoms with Gasteiger partial charge in [0.15, 0.2) is 17.5 Å². The molecule has 3 rings (SSSR count). The molecule has 1 aliphatic carbocycles. The lowest BCUT2D eigenvalue weighted by atomic mass is 9.78. The number of carbonyl (C=O) groups excluding carboxylic acids is 2. The third-order valence-corrected chi connectivity index (χ3v) is 5.29. The first kappa shape index (κ1) is 17.6. The van der Waals surface area contributed by atoms with Crippen LogP contribution in [0, 0.1) is 19.3 Å². The summed E-state index contributed by atoms with van der Waals surface area (Å²) in [6, 6.07) is 5.85. The number of nitrogens with zero attached hydrogens (tertiary/aromatic N) is 1. The molecule has 1 N–H and O–H groups in total. The van der Waals surface area contributed by atoms with E-state index in [0.717, 1.165) is 29.0 Å². The Kier molecular flexibility index (Phi) is 4.64. The number of anilines is 1. The van der Waals surface area contributed by atoms with Gasteiger partial charge in [-0.05, 0) is 36.8 Å². The molecule has 0 aliphatic heterocycles. The fourth-order valence-electron chi connectivity index (χ4n) is 3.09. The van der Waals surface area contributed by atoms with Crippen LogP contribution in [0.3, 0.4) is 0 Å². The minimum absolute atomic E-state index is 0.0785. The van der Waals surface area contributed by atoms with E-state index in [-0.39, 0.29) is 23.7 Å². The van der Waals surface area contributed by atoms with Crippen molar-refractivity contribution in [1.82, 2.24) is 4.98 Å². The number of thiazole rings is 1. The molecule has 1 aliphatic rings. The van der Waals surface area contributed by atoms with Crippen LogP contribution in [0.1, 0.15) is 46.8 Å². The minimum atomic E-state index is -0.277. The van der Waals surface area contributed by atoms with Gasteiger partial charge in [0.25, 0.3) is 5.91 Å². The third-order valence-electron chi connectivity index (χ3n) is 4.24. The van der Waals surface area contributed by atoms with Gasteiger partial charge in [0.05, 0.1) is 10.6 Å². The summed E-state index contributed by atoms with van der Waals surface area (Å²) in [6.07, 6.45) is 1.27. The van der Waals surface area contributed by atoms with E-state index in [1.807, 2.05) is 32.0 Å². The molecular weight excluding hydrogens is 336 g/mol. The second-order valence-electron chi connectivity index (χ2n) is 7.29. The molecule has 6 heteroatoms. The first-order valence-corrected chi connectivity index (χ1v) is 9.08. The van der Waals surface area contributed by atoms with Crippen LogP contribution in [-0.4, -0.2) is 23.3 Å². The van der Waals surface area contributed by atoms with Gasteiger partial charge in [-0.1, -0.05) is 43.4 Å². The molecular formula is C19H22N2O3S. The minimum Gasteiger partial charge on any atom is -0.483 e. The lowest BCUT2D eigenvalue weighted by Gasteiger charge is -2.26. The fraction of sp³-hybridized carbons (Fsp3) is 0.421. The molecule has 132 valence electrons. The molecule has 0 unspecified atom stereocenters. The Morgan fingerprint density at radius 1 is 1.28 bits per heavy atom. The average molecular weight is 358 g/mol.